The Morgan fingerprint density at radius 3 is 3.06 bits per heavy atom. The van der Waals surface area contributed by atoms with Crippen molar-refractivity contribution in [3.05, 3.63) is 23.4 Å². The van der Waals surface area contributed by atoms with Gasteiger partial charge < -0.3 is 9.63 Å². The smallest absolute Gasteiger partial charge is 0.227 e. The number of hydrogen-bond acceptors (Lipinski definition) is 6. The van der Waals surface area contributed by atoms with Gasteiger partial charge in [0.15, 0.2) is 0 Å². The molecule has 2 aromatic rings. The highest BCUT2D eigenvalue weighted by Crippen LogP contribution is 2.21. The first-order chi connectivity index (χ1) is 8.79. The van der Waals surface area contributed by atoms with Crippen LogP contribution in [0.25, 0.3) is 10.7 Å². The quantitative estimate of drug-likeness (QED) is 0.834. The van der Waals surface area contributed by atoms with E-state index in [0.29, 0.717) is 29.6 Å². The molecule has 0 bridgehead atoms. The summed E-state index contributed by atoms with van der Waals surface area (Å²) in [5.74, 6) is 2.07. The molecule has 5 nitrogen and oxygen atoms in total. The number of aliphatic hydroxyl groups excluding tert-OH is 1. The van der Waals surface area contributed by atoms with Crippen molar-refractivity contribution in [2.45, 2.75) is 12.8 Å². The molecule has 2 rings (SSSR count). The number of rotatable bonds is 7. The third kappa shape index (κ3) is 3.72. The Kier molecular flexibility index (Phi) is 5.03. The van der Waals surface area contributed by atoms with Gasteiger partial charge in [0.05, 0.1) is 11.5 Å². The highest BCUT2D eigenvalue weighted by atomic mass is 32.2. The lowest BCUT2D eigenvalue weighted by atomic mass is 10.3. The third-order valence-electron chi connectivity index (χ3n) is 2.29. The third-order valence-corrected chi connectivity index (χ3v) is 4.54. The molecule has 1 unspecified atom stereocenters. The Bertz CT molecular complexity index is 496. The van der Waals surface area contributed by atoms with E-state index in [2.05, 4.69) is 10.1 Å². The number of thiophene rings is 1. The Hall–Kier alpha value is -1.05. The molecule has 0 saturated carbocycles. The zero-order valence-electron chi connectivity index (χ0n) is 9.74. The Labute approximate surface area is 111 Å². The lowest BCUT2D eigenvalue weighted by Crippen LogP contribution is -2.06. The van der Waals surface area contributed by atoms with E-state index in [0.717, 1.165) is 11.3 Å². The molecular weight excluding hydrogens is 272 g/mol. The molecule has 0 amide bonds. The lowest BCUT2D eigenvalue weighted by Gasteiger charge is -1.97. The summed E-state index contributed by atoms with van der Waals surface area (Å²) in [7, 11) is -0.954. The van der Waals surface area contributed by atoms with Gasteiger partial charge in [0.25, 0.3) is 0 Å². The number of aliphatic hydroxyl groups is 1. The average molecular weight is 286 g/mol. The summed E-state index contributed by atoms with van der Waals surface area (Å²) in [4.78, 5) is 5.26. The highest BCUT2D eigenvalue weighted by Gasteiger charge is 2.09. The van der Waals surface area contributed by atoms with Crippen molar-refractivity contribution >= 4 is 22.1 Å². The fourth-order valence-electron chi connectivity index (χ4n) is 1.45. The van der Waals surface area contributed by atoms with Gasteiger partial charge in [-0.15, -0.1) is 11.3 Å². The van der Waals surface area contributed by atoms with E-state index >= 15 is 0 Å². The van der Waals surface area contributed by atoms with E-state index in [1.807, 2.05) is 17.5 Å². The summed E-state index contributed by atoms with van der Waals surface area (Å²) in [5.41, 5.74) is 0. The van der Waals surface area contributed by atoms with Crippen LogP contribution in [0.3, 0.4) is 0 Å². The molecule has 1 atom stereocenters. The van der Waals surface area contributed by atoms with Gasteiger partial charge in [0, 0.05) is 28.7 Å². The molecule has 0 radical (unpaired) electrons. The molecule has 98 valence electrons. The largest absolute Gasteiger partial charge is 0.395 e. The number of aryl methyl sites for hydroxylation is 1. The van der Waals surface area contributed by atoms with Crippen molar-refractivity contribution in [3.8, 4) is 10.7 Å². The number of aromatic nitrogens is 2. The van der Waals surface area contributed by atoms with Gasteiger partial charge in [-0.3, -0.25) is 4.21 Å². The topological polar surface area (TPSA) is 76.2 Å². The Morgan fingerprint density at radius 2 is 2.33 bits per heavy atom. The molecule has 0 fully saturated rings. The molecule has 0 saturated heterocycles. The number of nitrogens with zero attached hydrogens (tertiary/aromatic N) is 2. The molecule has 0 aliphatic heterocycles. The molecule has 7 heteroatoms. The second-order valence-electron chi connectivity index (χ2n) is 3.66. The van der Waals surface area contributed by atoms with E-state index in [-0.39, 0.29) is 6.61 Å². The van der Waals surface area contributed by atoms with E-state index in [9.17, 15) is 4.21 Å². The van der Waals surface area contributed by atoms with E-state index in [1.165, 1.54) is 0 Å². The molecule has 0 spiro atoms. The van der Waals surface area contributed by atoms with Crippen LogP contribution < -0.4 is 0 Å². The van der Waals surface area contributed by atoms with E-state index in [4.69, 9.17) is 9.63 Å². The van der Waals surface area contributed by atoms with Gasteiger partial charge in [-0.1, -0.05) is 11.2 Å². The second kappa shape index (κ2) is 6.77. The molecular formula is C11H14N2O3S2. The van der Waals surface area contributed by atoms with Crippen LogP contribution in [0.2, 0.25) is 0 Å². The fourth-order valence-corrected chi connectivity index (χ4v) is 2.97. The van der Waals surface area contributed by atoms with Crippen LogP contribution in [-0.4, -0.2) is 37.6 Å². The molecule has 2 aromatic heterocycles. The van der Waals surface area contributed by atoms with Crippen molar-refractivity contribution in [1.29, 1.82) is 0 Å². The van der Waals surface area contributed by atoms with Crippen molar-refractivity contribution in [2.75, 3.05) is 18.1 Å². The van der Waals surface area contributed by atoms with Crippen molar-refractivity contribution < 1.29 is 13.8 Å². The maximum absolute atomic E-state index is 11.3. The van der Waals surface area contributed by atoms with Crippen molar-refractivity contribution in [3.63, 3.8) is 0 Å². The molecule has 2 heterocycles. The first-order valence-corrected chi connectivity index (χ1v) is 7.98. The van der Waals surface area contributed by atoms with Crippen LogP contribution in [0.1, 0.15) is 12.3 Å². The fraction of sp³-hybridized carbons (Fsp3) is 0.455. The van der Waals surface area contributed by atoms with Gasteiger partial charge in [0.1, 0.15) is 0 Å². The standard InChI is InChI=1S/C11H14N2O3S2/c14-5-8-18(15)7-2-4-10-12-11(13-16-10)9-3-1-6-17-9/h1,3,6,14H,2,4-5,7-8H2. The Balaban J connectivity index is 1.82. The molecule has 1 N–H and O–H groups in total. The maximum Gasteiger partial charge on any atom is 0.227 e. The summed E-state index contributed by atoms with van der Waals surface area (Å²) >= 11 is 1.56. The molecule has 0 aromatic carbocycles. The maximum atomic E-state index is 11.3. The SMILES string of the molecule is O=S(CCO)CCCc1nc(-c2cccs2)no1. The van der Waals surface area contributed by atoms with Gasteiger partial charge in [-0.05, 0) is 17.9 Å². The summed E-state index contributed by atoms with van der Waals surface area (Å²) in [6.07, 6.45) is 1.34. The zero-order valence-corrected chi connectivity index (χ0v) is 11.4. The van der Waals surface area contributed by atoms with Gasteiger partial charge in [0.2, 0.25) is 11.7 Å². The first-order valence-electron chi connectivity index (χ1n) is 5.62. The molecule has 0 aliphatic rings. The normalized spacial score (nSPS) is 12.7. The van der Waals surface area contributed by atoms with Crippen LogP contribution in [-0.2, 0) is 17.2 Å². The van der Waals surface area contributed by atoms with Crippen LogP contribution in [0.4, 0.5) is 0 Å². The van der Waals surface area contributed by atoms with Crippen molar-refractivity contribution in [2.24, 2.45) is 0 Å². The minimum Gasteiger partial charge on any atom is -0.395 e. The highest BCUT2D eigenvalue weighted by molar-refractivity contribution is 7.84. The monoisotopic (exact) mass is 286 g/mol. The minimum absolute atomic E-state index is 0.0320. The van der Waals surface area contributed by atoms with Gasteiger partial charge in [-0.25, -0.2) is 0 Å². The summed E-state index contributed by atoms with van der Waals surface area (Å²) in [5, 5.41) is 14.5. The average Bonchev–Trinajstić information content (AvgIpc) is 2.99. The van der Waals surface area contributed by atoms with E-state index in [1.54, 1.807) is 11.3 Å². The molecule has 0 aliphatic carbocycles. The van der Waals surface area contributed by atoms with Crippen molar-refractivity contribution in [1.82, 2.24) is 10.1 Å². The predicted octanol–water partition coefficient (Wildman–Crippen LogP) is 1.47. The second-order valence-corrected chi connectivity index (χ2v) is 6.31. The summed E-state index contributed by atoms with van der Waals surface area (Å²) in [6, 6.07) is 3.88. The van der Waals surface area contributed by atoms with E-state index < -0.39 is 10.8 Å². The lowest BCUT2D eigenvalue weighted by molar-refractivity contribution is 0.321. The predicted molar refractivity (Wildman–Crippen MR) is 70.9 cm³/mol. The minimum atomic E-state index is -0.954. The van der Waals surface area contributed by atoms with Crippen LogP contribution in [0.5, 0.6) is 0 Å². The zero-order chi connectivity index (χ0) is 12.8. The van der Waals surface area contributed by atoms with Crippen LogP contribution in [0, 0.1) is 0 Å². The summed E-state index contributed by atoms with van der Waals surface area (Å²) in [6.45, 7) is -0.0320. The first kappa shape index (κ1) is 13.4. The molecule has 18 heavy (non-hydrogen) atoms. The summed E-state index contributed by atoms with van der Waals surface area (Å²) < 4.78 is 16.4. The van der Waals surface area contributed by atoms with Crippen LogP contribution in [0.15, 0.2) is 22.0 Å². The van der Waals surface area contributed by atoms with Crippen LogP contribution >= 0.6 is 11.3 Å². The number of hydrogen-bond donors (Lipinski definition) is 1. The van der Waals surface area contributed by atoms with Gasteiger partial charge >= 0.3 is 0 Å². The Morgan fingerprint density at radius 1 is 1.44 bits per heavy atom. The van der Waals surface area contributed by atoms with Gasteiger partial charge in [-0.2, -0.15) is 4.98 Å².